The maximum absolute atomic E-state index is 12.0. The Hall–Kier alpha value is -4.20. The second-order valence-corrected chi connectivity index (χ2v) is 7.42. The number of unbranched alkanes of at least 4 members (excludes halogenated alkanes) is 2. The van der Waals surface area contributed by atoms with Gasteiger partial charge in [-0.3, -0.25) is 9.59 Å². The smallest absolute Gasteiger partial charge is 0.240 e. The number of carbonyl (C=O) groups excluding carboxylic acids is 2. The number of nitrogens with one attached hydrogen (secondary N) is 2. The molecule has 2 aromatic carbocycles. The van der Waals surface area contributed by atoms with Crippen LogP contribution in [0, 0.1) is 0 Å². The number of amides is 2. The standard InChI is InChI=1S/C27H32N4O4/c1-3-18-34-24-14-10-8-12-22(24)20-28-30-26(32)16-6-5-7-17-27(33)31-29-21-23-13-9-11-15-25(23)35-19-4-2/h3-4,8-15,20-21H,1-2,5-7,16-19H2,(H,30,32)(H,31,33)/b28-20-,29-21+. The third-order valence-corrected chi connectivity index (χ3v) is 4.64. The molecule has 0 aromatic heterocycles. The average Bonchev–Trinajstić information content (AvgIpc) is 2.87. The van der Waals surface area contributed by atoms with Gasteiger partial charge >= 0.3 is 0 Å². The van der Waals surface area contributed by atoms with Gasteiger partial charge in [0, 0.05) is 24.0 Å². The van der Waals surface area contributed by atoms with Crippen molar-refractivity contribution in [1.82, 2.24) is 10.9 Å². The first-order valence-corrected chi connectivity index (χ1v) is 11.4. The van der Waals surface area contributed by atoms with Crippen LogP contribution in [-0.2, 0) is 9.59 Å². The summed E-state index contributed by atoms with van der Waals surface area (Å²) in [6.45, 7) is 8.03. The molecular weight excluding hydrogens is 444 g/mol. The summed E-state index contributed by atoms with van der Waals surface area (Å²) in [6, 6.07) is 14.8. The zero-order chi connectivity index (χ0) is 25.1. The topological polar surface area (TPSA) is 101 Å². The molecule has 0 aliphatic carbocycles. The number of hydrogen-bond acceptors (Lipinski definition) is 6. The molecule has 8 nitrogen and oxygen atoms in total. The van der Waals surface area contributed by atoms with E-state index in [2.05, 4.69) is 34.2 Å². The number of benzene rings is 2. The highest BCUT2D eigenvalue weighted by Crippen LogP contribution is 2.16. The minimum absolute atomic E-state index is 0.183. The van der Waals surface area contributed by atoms with Crippen molar-refractivity contribution in [1.29, 1.82) is 0 Å². The van der Waals surface area contributed by atoms with Crippen molar-refractivity contribution < 1.29 is 19.1 Å². The van der Waals surface area contributed by atoms with Gasteiger partial charge in [-0.1, -0.05) is 56.0 Å². The Morgan fingerprint density at radius 3 is 1.57 bits per heavy atom. The van der Waals surface area contributed by atoms with Crippen LogP contribution >= 0.6 is 0 Å². The normalized spacial score (nSPS) is 10.7. The Bertz CT molecular complexity index is 952. The summed E-state index contributed by atoms with van der Waals surface area (Å²) < 4.78 is 11.1. The zero-order valence-corrected chi connectivity index (χ0v) is 19.8. The number of ether oxygens (including phenoxy) is 2. The molecule has 2 amide bonds. The number of nitrogens with zero attached hydrogens (tertiary/aromatic N) is 2. The summed E-state index contributed by atoms with van der Waals surface area (Å²) in [5.74, 6) is 0.964. The van der Waals surface area contributed by atoms with E-state index in [0.29, 0.717) is 50.4 Å². The van der Waals surface area contributed by atoms with Gasteiger partial charge in [-0.05, 0) is 37.1 Å². The minimum Gasteiger partial charge on any atom is -0.489 e. The van der Waals surface area contributed by atoms with Crippen molar-refractivity contribution in [2.24, 2.45) is 10.2 Å². The molecule has 0 radical (unpaired) electrons. The van der Waals surface area contributed by atoms with E-state index in [9.17, 15) is 9.59 Å². The molecule has 35 heavy (non-hydrogen) atoms. The molecule has 0 unspecified atom stereocenters. The second-order valence-electron chi connectivity index (χ2n) is 7.42. The summed E-state index contributed by atoms with van der Waals surface area (Å²) in [7, 11) is 0. The summed E-state index contributed by atoms with van der Waals surface area (Å²) in [4.78, 5) is 23.9. The third kappa shape index (κ3) is 11.0. The van der Waals surface area contributed by atoms with Gasteiger partial charge in [-0.2, -0.15) is 10.2 Å². The highest BCUT2D eigenvalue weighted by molar-refractivity contribution is 5.86. The van der Waals surface area contributed by atoms with E-state index >= 15 is 0 Å². The van der Waals surface area contributed by atoms with E-state index in [-0.39, 0.29) is 11.8 Å². The lowest BCUT2D eigenvalue weighted by Crippen LogP contribution is -2.18. The number of hydrazone groups is 2. The number of hydrogen-bond donors (Lipinski definition) is 2. The van der Waals surface area contributed by atoms with Crippen LogP contribution in [0.15, 0.2) is 84.0 Å². The Labute approximate surface area is 206 Å². The van der Waals surface area contributed by atoms with E-state index in [1.165, 1.54) is 0 Å². The molecule has 2 aromatic rings. The van der Waals surface area contributed by atoms with Crippen LogP contribution in [0.3, 0.4) is 0 Å². The van der Waals surface area contributed by atoms with Crippen LogP contribution in [0.4, 0.5) is 0 Å². The van der Waals surface area contributed by atoms with Gasteiger partial charge in [-0.25, -0.2) is 10.9 Å². The molecule has 0 saturated heterocycles. The van der Waals surface area contributed by atoms with Gasteiger partial charge in [0.2, 0.25) is 11.8 Å². The molecule has 0 spiro atoms. The first-order valence-electron chi connectivity index (χ1n) is 11.4. The van der Waals surface area contributed by atoms with Crippen molar-refractivity contribution >= 4 is 24.2 Å². The first kappa shape index (κ1) is 27.0. The second kappa shape index (κ2) is 16.4. The summed E-state index contributed by atoms with van der Waals surface area (Å²) >= 11 is 0. The van der Waals surface area contributed by atoms with Crippen LogP contribution in [-0.4, -0.2) is 37.5 Å². The van der Waals surface area contributed by atoms with Gasteiger partial charge < -0.3 is 9.47 Å². The average molecular weight is 477 g/mol. The van der Waals surface area contributed by atoms with Crippen molar-refractivity contribution in [2.45, 2.75) is 32.1 Å². The SMILES string of the molecule is C=CCOc1ccccc1/C=N\NC(=O)CCCCCC(=O)N/N=C/c1ccccc1OCC=C. The lowest BCUT2D eigenvalue weighted by molar-refractivity contribution is -0.121. The van der Waals surface area contributed by atoms with E-state index in [1.54, 1.807) is 24.6 Å². The molecule has 0 atom stereocenters. The predicted octanol–water partition coefficient (Wildman–Crippen LogP) is 4.37. The van der Waals surface area contributed by atoms with Crippen LogP contribution in [0.2, 0.25) is 0 Å². The van der Waals surface area contributed by atoms with Gasteiger partial charge in [0.05, 0.1) is 12.4 Å². The van der Waals surface area contributed by atoms with Crippen LogP contribution in [0.1, 0.15) is 43.2 Å². The van der Waals surface area contributed by atoms with Crippen LogP contribution in [0.25, 0.3) is 0 Å². The van der Waals surface area contributed by atoms with Gasteiger partial charge in [0.15, 0.2) is 0 Å². The fraction of sp³-hybridized carbons (Fsp3) is 0.259. The predicted molar refractivity (Wildman–Crippen MR) is 139 cm³/mol. The van der Waals surface area contributed by atoms with Crippen LogP contribution in [0.5, 0.6) is 11.5 Å². The minimum atomic E-state index is -0.183. The quantitative estimate of drug-likeness (QED) is 0.163. The molecule has 0 aliphatic heterocycles. The highest BCUT2D eigenvalue weighted by atomic mass is 16.5. The largest absolute Gasteiger partial charge is 0.489 e. The molecule has 8 heteroatoms. The van der Waals surface area contributed by atoms with E-state index < -0.39 is 0 Å². The summed E-state index contributed by atoms with van der Waals surface area (Å²) in [5, 5.41) is 7.99. The van der Waals surface area contributed by atoms with Crippen LogP contribution < -0.4 is 20.3 Å². The Morgan fingerprint density at radius 2 is 1.14 bits per heavy atom. The van der Waals surface area contributed by atoms with E-state index in [0.717, 1.165) is 17.5 Å². The maximum atomic E-state index is 12.0. The monoisotopic (exact) mass is 476 g/mol. The first-order chi connectivity index (χ1) is 17.1. The Kier molecular flexibility index (Phi) is 12.7. The maximum Gasteiger partial charge on any atom is 0.240 e. The van der Waals surface area contributed by atoms with Gasteiger partial charge in [0.25, 0.3) is 0 Å². The highest BCUT2D eigenvalue weighted by Gasteiger charge is 2.04. The van der Waals surface area contributed by atoms with E-state index in [1.807, 2.05) is 48.5 Å². The number of carbonyl (C=O) groups is 2. The molecular formula is C27H32N4O4. The number of rotatable bonds is 16. The summed E-state index contributed by atoms with van der Waals surface area (Å²) in [5.41, 5.74) is 6.55. The van der Waals surface area contributed by atoms with Crippen molar-refractivity contribution in [2.75, 3.05) is 13.2 Å². The van der Waals surface area contributed by atoms with E-state index in [4.69, 9.17) is 9.47 Å². The lowest BCUT2D eigenvalue weighted by Gasteiger charge is -2.06. The third-order valence-electron chi connectivity index (χ3n) is 4.64. The lowest BCUT2D eigenvalue weighted by atomic mass is 10.1. The molecule has 0 fully saturated rings. The fourth-order valence-corrected chi connectivity index (χ4v) is 2.94. The van der Waals surface area contributed by atoms with Crippen molar-refractivity contribution in [3.63, 3.8) is 0 Å². The van der Waals surface area contributed by atoms with Crippen molar-refractivity contribution in [3.8, 4) is 11.5 Å². The Balaban J connectivity index is 1.62. The molecule has 2 N–H and O–H groups in total. The zero-order valence-electron chi connectivity index (χ0n) is 19.8. The number of para-hydroxylation sites is 2. The molecule has 0 heterocycles. The van der Waals surface area contributed by atoms with Gasteiger partial charge in [0.1, 0.15) is 24.7 Å². The summed E-state index contributed by atoms with van der Waals surface area (Å²) in [6.07, 6.45) is 9.12. The Morgan fingerprint density at radius 1 is 0.714 bits per heavy atom. The van der Waals surface area contributed by atoms with Gasteiger partial charge in [-0.15, -0.1) is 0 Å². The molecule has 2 rings (SSSR count). The molecule has 184 valence electrons. The molecule has 0 bridgehead atoms. The fourth-order valence-electron chi connectivity index (χ4n) is 2.94. The molecule has 0 aliphatic rings. The van der Waals surface area contributed by atoms with Crippen molar-refractivity contribution in [3.05, 3.63) is 85.0 Å². The molecule has 0 saturated carbocycles.